The Labute approximate surface area is 153 Å². The molecule has 0 fully saturated rings. The molecule has 0 unspecified atom stereocenters. The maximum Gasteiger partial charge on any atom is 0.243 e. The number of amides is 1. The first-order valence-electron chi connectivity index (χ1n) is 8.64. The van der Waals surface area contributed by atoms with E-state index < -0.39 is 0 Å². The largest absolute Gasteiger partial charge is 0.493 e. The minimum atomic E-state index is 0.00900. The van der Waals surface area contributed by atoms with Crippen LogP contribution in [0.2, 0.25) is 0 Å². The number of rotatable bonds is 6. The van der Waals surface area contributed by atoms with Crippen LogP contribution in [0, 0.1) is 0 Å². The Morgan fingerprint density at radius 2 is 2.00 bits per heavy atom. The molecule has 6 nitrogen and oxygen atoms in total. The predicted molar refractivity (Wildman–Crippen MR) is 101 cm³/mol. The number of carbonyl (C=O) groups excluding carboxylic acids is 1. The first kappa shape index (κ1) is 17.8. The fraction of sp³-hybridized carbons (Fsp3) is 0.300. The summed E-state index contributed by atoms with van der Waals surface area (Å²) in [7, 11) is 1.61. The second kappa shape index (κ2) is 7.91. The van der Waals surface area contributed by atoms with Gasteiger partial charge in [-0.2, -0.15) is 5.10 Å². The number of nitrogens with zero attached hydrogens (tertiary/aromatic N) is 2. The first-order valence-corrected chi connectivity index (χ1v) is 8.64. The van der Waals surface area contributed by atoms with Crippen molar-refractivity contribution in [2.75, 3.05) is 19.5 Å². The SMILES string of the molecule is CCOc1cc(C2=NN(Cc3cccc(N)c3)C(=O)CC2)ccc1OC. The van der Waals surface area contributed by atoms with Gasteiger partial charge in [-0.1, -0.05) is 12.1 Å². The lowest BCUT2D eigenvalue weighted by Crippen LogP contribution is -2.31. The lowest BCUT2D eigenvalue weighted by atomic mass is 10.0. The van der Waals surface area contributed by atoms with Crippen LogP contribution in [0.3, 0.4) is 0 Å². The Hall–Kier alpha value is -3.02. The highest BCUT2D eigenvalue weighted by atomic mass is 16.5. The lowest BCUT2D eigenvalue weighted by molar-refractivity contribution is -0.132. The van der Waals surface area contributed by atoms with Gasteiger partial charge in [-0.05, 0) is 42.8 Å². The van der Waals surface area contributed by atoms with Crippen LogP contribution >= 0.6 is 0 Å². The van der Waals surface area contributed by atoms with Gasteiger partial charge in [-0.3, -0.25) is 4.79 Å². The Kier molecular flexibility index (Phi) is 5.41. The van der Waals surface area contributed by atoms with Gasteiger partial charge in [0.2, 0.25) is 5.91 Å². The van der Waals surface area contributed by atoms with E-state index in [9.17, 15) is 4.79 Å². The highest BCUT2D eigenvalue weighted by Crippen LogP contribution is 2.29. The average Bonchev–Trinajstić information content (AvgIpc) is 2.64. The topological polar surface area (TPSA) is 77.1 Å². The zero-order valence-corrected chi connectivity index (χ0v) is 15.1. The molecule has 1 heterocycles. The van der Waals surface area contributed by atoms with E-state index >= 15 is 0 Å². The van der Waals surface area contributed by atoms with Crippen LogP contribution in [0.5, 0.6) is 11.5 Å². The van der Waals surface area contributed by atoms with E-state index in [-0.39, 0.29) is 5.91 Å². The van der Waals surface area contributed by atoms with Crippen molar-refractivity contribution in [2.24, 2.45) is 5.10 Å². The van der Waals surface area contributed by atoms with Crippen LogP contribution in [-0.2, 0) is 11.3 Å². The van der Waals surface area contributed by atoms with Gasteiger partial charge in [-0.15, -0.1) is 0 Å². The van der Waals surface area contributed by atoms with E-state index in [2.05, 4.69) is 5.10 Å². The summed E-state index contributed by atoms with van der Waals surface area (Å²) in [6, 6.07) is 13.2. The van der Waals surface area contributed by atoms with Crippen molar-refractivity contribution in [1.29, 1.82) is 0 Å². The molecule has 2 aromatic rings. The Bertz CT molecular complexity index is 833. The molecule has 1 aliphatic heterocycles. The summed E-state index contributed by atoms with van der Waals surface area (Å²) in [6.07, 6.45) is 1.03. The maximum atomic E-state index is 12.3. The Balaban J connectivity index is 1.87. The van der Waals surface area contributed by atoms with Crippen molar-refractivity contribution >= 4 is 17.3 Å². The molecule has 0 atom stereocenters. The molecule has 136 valence electrons. The number of nitrogen functional groups attached to an aromatic ring is 1. The van der Waals surface area contributed by atoms with E-state index in [1.54, 1.807) is 7.11 Å². The van der Waals surface area contributed by atoms with Gasteiger partial charge in [-0.25, -0.2) is 5.01 Å². The van der Waals surface area contributed by atoms with Gasteiger partial charge < -0.3 is 15.2 Å². The van der Waals surface area contributed by atoms with E-state index in [0.717, 1.165) is 16.8 Å². The molecule has 0 bridgehead atoms. The van der Waals surface area contributed by atoms with Crippen LogP contribution in [0.25, 0.3) is 0 Å². The molecule has 26 heavy (non-hydrogen) atoms. The molecule has 0 aromatic heterocycles. The highest BCUT2D eigenvalue weighted by Gasteiger charge is 2.22. The second-order valence-electron chi connectivity index (χ2n) is 6.04. The Morgan fingerprint density at radius 1 is 1.15 bits per heavy atom. The van der Waals surface area contributed by atoms with Crippen molar-refractivity contribution in [1.82, 2.24) is 5.01 Å². The van der Waals surface area contributed by atoms with Gasteiger partial charge in [0.1, 0.15) is 0 Å². The molecular weight excluding hydrogens is 330 g/mol. The number of hydrazone groups is 1. The number of nitrogens with two attached hydrogens (primary N) is 1. The molecule has 0 saturated carbocycles. The number of benzene rings is 2. The molecule has 0 radical (unpaired) electrons. The first-order chi connectivity index (χ1) is 12.6. The van der Waals surface area contributed by atoms with Crippen LogP contribution < -0.4 is 15.2 Å². The van der Waals surface area contributed by atoms with Crippen molar-refractivity contribution < 1.29 is 14.3 Å². The minimum absolute atomic E-state index is 0.00900. The summed E-state index contributed by atoms with van der Waals surface area (Å²) in [5, 5.41) is 6.09. The predicted octanol–water partition coefficient (Wildman–Crippen LogP) is 3.20. The number of carbonyl (C=O) groups is 1. The second-order valence-corrected chi connectivity index (χ2v) is 6.04. The smallest absolute Gasteiger partial charge is 0.243 e. The molecule has 2 N–H and O–H groups in total. The van der Waals surface area contributed by atoms with Crippen LogP contribution in [0.4, 0.5) is 5.69 Å². The van der Waals surface area contributed by atoms with Crippen LogP contribution in [-0.4, -0.2) is 30.3 Å². The molecule has 1 amide bonds. The molecule has 3 rings (SSSR count). The Morgan fingerprint density at radius 3 is 2.73 bits per heavy atom. The number of hydrogen-bond donors (Lipinski definition) is 1. The quantitative estimate of drug-likeness (QED) is 0.809. The van der Waals surface area contributed by atoms with E-state index in [1.807, 2.05) is 49.4 Å². The standard InChI is InChI=1S/C20H23N3O3/c1-3-26-19-12-15(7-9-18(19)25-2)17-8-10-20(24)23(22-17)13-14-5-4-6-16(21)11-14/h4-7,9,11-12H,3,8,10,13,21H2,1-2H3. The average molecular weight is 353 g/mol. The zero-order chi connectivity index (χ0) is 18.5. The molecule has 6 heteroatoms. The normalized spacial score (nSPS) is 14.2. The number of methoxy groups -OCH3 is 1. The van der Waals surface area contributed by atoms with Gasteiger partial charge in [0.15, 0.2) is 11.5 Å². The fourth-order valence-electron chi connectivity index (χ4n) is 2.92. The van der Waals surface area contributed by atoms with Gasteiger partial charge >= 0.3 is 0 Å². The highest BCUT2D eigenvalue weighted by molar-refractivity contribution is 6.04. The van der Waals surface area contributed by atoms with E-state index in [0.29, 0.717) is 43.2 Å². The minimum Gasteiger partial charge on any atom is -0.493 e. The summed E-state index contributed by atoms with van der Waals surface area (Å²) in [5.74, 6) is 1.36. The number of anilines is 1. The van der Waals surface area contributed by atoms with Gasteiger partial charge in [0.05, 0.1) is 26.0 Å². The summed E-state index contributed by atoms with van der Waals surface area (Å²) in [5.41, 5.74) is 9.24. The third-order valence-corrected chi connectivity index (χ3v) is 4.19. The van der Waals surface area contributed by atoms with Crippen molar-refractivity contribution in [2.45, 2.75) is 26.3 Å². The monoisotopic (exact) mass is 353 g/mol. The van der Waals surface area contributed by atoms with Gasteiger partial charge in [0.25, 0.3) is 0 Å². The third kappa shape index (κ3) is 3.96. The van der Waals surface area contributed by atoms with E-state index in [1.165, 1.54) is 5.01 Å². The summed E-state index contributed by atoms with van der Waals surface area (Å²) < 4.78 is 11.0. The molecular formula is C20H23N3O3. The summed E-state index contributed by atoms with van der Waals surface area (Å²) >= 11 is 0. The number of hydrogen-bond acceptors (Lipinski definition) is 5. The molecule has 2 aromatic carbocycles. The zero-order valence-electron chi connectivity index (χ0n) is 15.1. The molecule has 1 aliphatic rings. The van der Waals surface area contributed by atoms with E-state index in [4.69, 9.17) is 15.2 Å². The van der Waals surface area contributed by atoms with Crippen LogP contribution in [0.15, 0.2) is 47.6 Å². The molecule has 0 spiro atoms. The van der Waals surface area contributed by atoms with Crippen molar-refractivity contribution in [3.63, 3.8) is 0 Å². The van der Waals surface area contributed by atoms with Gasteiger partial charge in [0, 0.05) is 24.1 Å². The summed E-state index contributed by atoms with van der Waals surface area (Å²) in [4.78, 5) is 12.3. The molecule has 0 aliphatic carbocycles. The maximum absolute atomic E-state index is 12.3. The molecule has 0 saturated heterocycles. The van der Waals surface area contributed by atoms with Crippen molar-refractivity contribution in [3.05, 3.63) is 53.6 Å². The third-order valence-electron chi connectivity index (χ3n) is 4.19. The fourth-order valence-corrected chi connectivity index (χ4v) is 2.92. The van der Waals surface area contributed by atoms with Crippen LogP contribution in [0.1, 0.15) is 30.9 Å². The number of ether oxygens (including phenoxy) is 2. The lowest BCUT2D eigenvalue weighted by Gasteiger charge is -2.24. The van der Waals surface area contributed by atoms with Crippen molar-refractivity contribution in [3.8, 4) is 11.5 Å². The summed E-state index contributed by atoms with van der Waals surface area (Å²) in [6.45, 7) is 2.88.